The summed E-state index contributed by atoms with van der Waals surface area (Å²) in [6, 6.07) is 3.68. The van der Waals surface area contributed by atoms with Crippen molar-refractivity contribution in [2.24, 2.45) is 5.73 Å². The standard InChI is InChI=1S/C14H23FN2O2S2/c1-4-14(5-2,20-3)10-17-21(18,19)12-6-7-13(15)11(8-12)9-16/h6-8,17H,4-5,9-10,16H2,1-3H3. The molecule has 0 bridgehead atoms. The molecule has 0 heterocycles. The van der Waals surface area contributed by atoms with Gasteiger partial charge in [0.2, 0.25) is 10.0 Å². The van der Waals surface area contributed by atoms with Crippen molar-refractivity contribution in [1.82, 2.24) is 4.72 Å². The second kappa shape index (κ2) is 7.58. The summed E-state index contributed by atoms with van der Waals surface area (Å²) in [6.45, 7) is 4.39. The Bertz CT molecular complexity index is 564. The molecule has 0 aliphatic carbocycles. The zero-order valence-corrected chi connectivity index (χ0v) is 14.3. The Morgan fingerprint density at radius 1 is 1.33 bits per heavy atom. The lowest BCUT2D eigenvalue weighted by Crippen LogP contribution is -2.39. The van der Waals surface area contributed by atoms with Crippen molar-refractivity contribution in [2.75, 3.05) is 12.8 Å². The van der Waals surface area contributed by atoms with Crippen LogP contribution >= 0.6 is 11.8 Å². The highest BCUT2D eigenvalue weighted by atomic mass is 32.2. The number of halogens is 1. The van der Waals surface area contributed by atoms with Crippen LogP contribution in [0.1, 0.15) is 32.3 Å². The summed E-state index contributed by atoms with van der Waals surface area (Å²) in [5.41, 5.74) is 5.61. The van der Waals surface area contributed by atoms with Crippen molar-refractivity contribution in [1.29, 1.82) is 0 Å². The molecule has 0 fully saturated rings. The van der Waals surface area contributed by atoms with Gasteiger partial charge >= 0.3 is 0 Å². The topological polar surface area (TPSA) is 72.2 Å². The molecular formula is C14H23FN2O2S2. The third kappa shape index (κ3) is 4.42. The van der Waals surface area contributed by atoms with Crippen LogP contribution < -0.4 is 10.5 Å². The molecule has 0 atom stereocenters. The van der Waals surface area contributed by atoms with Crippen LogP contribution in [0.15, 0.2) is 23.1 Å². The number of hydrogen-bond acceptors (Lipinski definition) is 4. The van der Waals surface area contributed by atoms with Gasteiger partial charge in [0, 0.05) is 23.4 Å². The van der Waals surface area contributed by atoms with E-state index < -0.39 is 15.8 Å². The second-order valence-corrected chi connectivity index (χ2v) is 7.92. The van der Waals surface area contributed by atoms with Gasteiger partial charge in [-0.3, -0.25) is 0 Å². The van der Waals surface area contributed by atoms with Crippen LogP contribution in [0.3, 0.4) is 0 Å². The van der Waals surface area contributed by atoms with Crippen LogP contribution in [-0.4, -0.2) is 26.0 Å². The Labute approximate surface area is 130 Å². The molecule has 0 amide bonds. The lowest BCUT2D eigenvalue weighted by molar-refractivity contribution is 0.521. The van der Waals surface area contributed by atoms with E-state index in [1.54, 1.807) is 11.8 Å². The van der Waals surface area contributed by atoms with Crippen LogP contribution in [0, 0.1) is 5.82 Å². The lowest BCUT2D eigenvalue weighted by atomic mass is 10.0. The minimum Gasteiger partial charge on any atom is -0.326 e. The molecule has 3 N–H and O–H groups in total. The zero-order chi connectivity index (χ0) is 16.1. The molecule has 4 nitrogen and oxygen atoms in total. The van der Waals surface area contributed by atoms with Crippen LogP contribution in [0.25, 0.3) is 0 Å². The van der Waals surface area contributed by atoms with Crippen molar-refractivity contribution in [3.63, 3.8) is 0 Å². The Balaban J connectivity index is 2.97. The normalized spacial score (nSPS) is 12.6. The fraction of sp³-hybridized carbons (Fsp3) is 0.571. The van der Waals surface area contributed by atoms with Gasteiger partial charge in [-0.05, 0) is 37.3 Å². The first-order valence-corrected chi connectivity index (χ1v) is 9.58. The minimum absolute atomic E-state index is 0.0339. The summed E-state index contributed by atoms with van der Waals surface area (Å²) in [5, 5.41) is 0. The van der Waals surface area contributed by atoms with Crippen LogP contribution in [-0.2, 0) is 16.6 Å². The fourth-order valence-electron chi connectivity index (χ4n) is 2.05. The van der Waals surface area contributed by atoms with Crippen LogP contribution in [0.4, 0.5) is 4.39 Å². The van der Waals surface area contributed by atoms with Gasteiger partial charge in [-0.1, -0.05) is 13.8 Å². The largest absolute Gasteiger partial charge is 0.326 e. The van der Waals surface area contributed by atoms with E-state index in [0.29, 0.717) is 6.54 Å². The van der Waals surface area contributed by atoms with Crippen molar-refractivity contribution in [2.45, 2.75) is 42.9 Å². The molecule has 0 spiro atoms. The van der Waals surface area contributed by atoms with Gasteiger partial charge in [0.15, 0.2) is 0 Å². The summed E-state index contributed by atoms with van der Waals surface area (Å²) in [4.78, 5) is 0.0477. The second-order valence-electron chi connectivity index (χ2n) is 4.88. The van der Waals surface area contributed by atoms with E-state index in [1.165, 1.54) is 12.1 Å². The molecule has 1 aromatic carbocycles. The predicted octanol–water partition coefficient (Wildman–Crippen LogP) is 2.48. The van der Waals surface area contributed by atoms with Gasteiger partial charge in [0.25, 0.3) is 0 Å². The van der Waals surface area contributed by atoms with E-state index in [4.69, 9.17) is 5.73 Å². The molecule has 0 unspecified atom stereocenters. The quantitative estimate of drug-likeness (QED) is 0.766. The van der Waals surface area contributed by atoms with E-state index in [2.05, 4.69) is 4.72 Å². The van der Waals surface area contributed by atoms with E-state index in [0.717, 1.165) is 18.9 Å². The summed E-state index contributed by atoms with van der Waals surface area (Å²) < 4.78 is 40.5. The maximum absolute atomic E-state index is 13.4. The number of rotatable bonds is 8. The van der Waals surface area contributed by atoms with Gasteiger partial charge in [-0.25, -0.2) is 17.5 Å². The molecule has 0 aromatic heterocycles. The van der Waals surface area contributed by atoms with Crippen molar-refractivity contribution in [3.8, 4) is 0 Å². The SMILES string of the molecule is CCC(CC)(CNS(=O)(=O)c1ccc(F)c(CN)c1)SC. The minimum atomic E-state index is -3.66. The third-order valence-corrected chi connectivity index (χ3v) is 6.84. The number of sulfonamides is 1. The molecular weight excluding hydrogens is 311 g/mol. The van der Waals surface area contributed by atoms with Gasteiger partial charge in [0.1, 0.15) is 5.82 Å². The summed E-state index contributed by atoms with van der Waals surface area (Å²) in [5.74, 6) is -0.489. The first-order chi connectivity index (χ1) is 9.84. The van der Waals surface area contributed by atoms with E-state index in [-0.39, 0.29) is 21.8 Å². The summed E-state index contributed by atoms with van der Waals surface area (Å²) in [7, 11) is -3.66. The monoisotopic (exact) mass is 334 g/mol. The molecule has 1 rings (SSSR count). The Hall–Kier alpha value is -0.630. The average Bonchev–Trinajstić information content (AvgIpc) is 2.49. The molecule has 120 valence electrons. The smallest absolute Gasteiger partial charge is 0.240 e. The van der Waals surface area contributed by atoms with Gasteiger partial charge in [-0.15, -0.1) is 0 Å². The number of thioether (sulfide) groups is 1. The maximum atomic E-state index is 13.4. The number of nitrogens with one attached hydrogen (secondary N) is 1. The van der Waals surface area contributed by atoms with Gasteiger partial charge < -0.3 is 5.73 Å². The van der Waals surface area contributed by atoms with Crippen LogP contribution in [0.5, 0.6) is 0 Å². The third-order valence-electron chi connectivity index (χ3n) is 3.85. The molecule has 0 aliphatic rings. The van der Waals surface area contributed by atoms with Crippen molar-refractivity contribution in [3.05, 3.63) is 29.6 Å². The molecule has 0 aliphatic heterocycles. The fourth-order valence-corrected chi connectivity index (χ4v) is 4.11. The number of benzene rings is 1. The maximum Gasteiger partial charge on any atom is 0.240 e. The molecule has 1 aromatic rings. The Morgan fingerprint density at radius 2 is 1.95 bits per heavy atom. The Morgan fingerprint density at radius 3 is 2.43 bits per heavy atom. The highest BCUT2D eigenvalue weighted by molar-refractivity contribution is 8.00. The van der Waals surface area contributed by atoms with E-state index in [1.807, 2.05) is 20.1 Å². The number of nitrogens with two attached hydrogens (primary N) is 1. The van der Waals surface area contributed by atoms with Crippen LogP contribution in [0.2, 0.25) is 0 Å². The molecule has 0 saturated carbocycles. The first-order valence-electron chi connectivity index (χ1n) is 6.87. The average molecular weight is 334 g/mol. The van der Waals surface area contributed by atoms with Gasteiger partial charge in [0.05, 0.1) is 4.90 Å². The van der Waals surface area contributed by atoms with E-state index >= 15 is 0 Å². The molecule has 21 heavy (non-hydrogen) atoms. The predicted molar refractivity (Wildman–Crippen MR) is 86.3 cm³/mol. The number of hydrogen-bond donors (Lipinski definition) is 2. The zero-order valence-electron chi connectivity index (χ0n) is 12.6. The lowest BCUT2D eigenvalue weighted by Gasteiger charge is -2.29. The summed E-state index contributed by atoms with van der Waals surface area (Å²) in [6.07, 6.45) is 3.71. The van der Waals surface area contributed by atoms with Crippen molar-refractivity contribution < 1.29 is 12.8 Å². The van der Waals surface area contributed by atoms with Crippen molar-refractivity contribution >= 4 is 21.8 Å². The summed E-state index contributed by atoms with van der Waals surface area (Å²) >= 11 is 1.66. The Kier molecular flexibility index (Phi) is 6.65. The first kappa shape index (κ1) is 18.4. The molecule has 7 heteroatoms. The van der Waals surface area contributed by atoms with Gasteiger partial charge in [-0.2, -0.15) is 11.8 Å². The van der Waals surface area contributed by atoms with E-state index in [9.17, 15) is 12.8 Å². The highest BCUT2D eigenvalue weighted by Crippen LogP contribution is 2.30. The highest BCUT2D eigenvalue weighted by Gasteiger charge is 2.27. The molecule has 0 radical (unpaired) electrons. The molecule has 0 saturated heterocycles.